The summed E-state index contributed by atoms with van der Waals surface area (Å²) in [5.41, 5.74) is 1.21. The third-order valence-corrected chi connectivity index (χ3v) is 4.99. The van der Waals surface area contributed by atoms with Gasteiger partial charge in [-0.2, -0.15) is 0 Å². The van der Waals surface area contributed by atoms with Crippen LogP contribution in [-0.2, 0) is 0 Å². The maximum absolute atomic E-state index is 12.2. The zero-order chi connectivity index (χ0) is 18.7. The lowest BCUT2D eigenvalue weighted by Gasteiger charge is -2.13. The van der Waals surface area contributed by atoms with Crippen molar-refractivity contribution in [1.82, 2.24) is 10.2 Å². The van der Waals surface area contributed by atoms with Crippen LogP contribution in [0.3, 0.4) is 0 Å². The van der Waals surface area contributed by atoms with Crippen LogP contribution in [0.25, 0.3) is 0 Å². The van der Waals surface area contributed by atoms with E-state index >= 15 is 0 Å². The summed E-state index contributed by atoms with van der Waals surface area (Å²) in [4.78, 5) is 37.9. The second kappa shape index (κ2) is 7.89. The van der Waals surface area contributed by atoms with Gasteiger partial charge in [0.05, 0.1) is 26.7 Å². The predicted octanol–water partition coefficient (Wildman–Crippen LogP) is 3.80. The number of rotatable bonds is 6. The molecule has 0 fully saturated rings. The monoisotopic (exact) mass is 390 g/mol. The molecule has 0 aliphatic carbocycles. The predicted molar refractivity (Wildman–Crippen MR) is 99.8 cm³/mol. The first-order chi connectivity index (χ1) is 12.5. The molecule has 5 nitrogen and oxygen atoms in total. The molecule has 0 aromatic heterocycles. The van der Waals surface area contributed by atoms with E-state index in [2.05, 4.69) is 5.32 Å². The first-order valence-electron chi connectivity index (χ1n) is 8.18. The Labute approximate surface area is 160 Å². The van der Waals surface area contributed by atoms with Gasteiger partial charge in [0.2, 0.25) is 0 Å². The summed E-state index contributed by atoms with van der Waals surface area (Å²) in [6.45, 7) is 0.727. The number of nitrogens with zero attached hydrogens (tertiary/aromatic N) is 1. The Hall–Kier alpha value is -2.37. The second-order valence-electron chi connectivity index (χ2n) is 5.87. The van der Waals surface area contributed by atoms with E-state index in [1.54, 1.807) is 42.5 Å². The molecule has 1 N–H and O–H groups in total. The van der Waals surface area contributed by atoms with Crippen molar-refractivity contribution < 1.29 is 14.4 Å². The molecule has 1 aliphatic heterocycles. The third-order valence-electron chi connectivity index (χ3n) is 4.17. The van der Waals surface area contributed by atoms with Gasteiger partial charge in [0.25, 0.3) is 17.7 Å². The maximum atomic E-state index is 12.2. The fourth-order valence-corrected chi connectivity index (χ4v) is 3.20. The summed E-state index contributed by atoms with van der Waals surface area (Å²) in [6, 6.07) is 11.7. The van der Waals surface area contributed by atoms with Crippen LogP contribution < -0.4 is 5.32 Å². The lowest BCUT2D eigenvalue weighted by atomic mass is 10.1. The number of unbranched alkanes of at least 4 members (excludes halogenated alkanes) is 1. The number of halogens is 2. The van der Waals surface area contributed by atoms with Gasteiger partial charge in [-0.1, -0.05) is 41.4 Å². The summed E-state index contributed by atoms with van der Waals surface area (Å²) >= 11 is 11.9. The Bertz CT molecular complexity index is 848. The van der Waals surface area contributed by atoms with Crippen molar-refractivity contribution in [3.63, 3.8) is 0 Å². The first kappa shape index (κ1) is 18.4. The van der Waals surface area contributed by atoms with Gasteiger partial charge in [-0.05, 0) is 37.1 Å². The van der Waals surface area contributed by atoms with E-state index in [0.29, 0.717) is 47.6 Å². The zero-order valence-electron chi connectivity index (χ0n) is 13.8. The molecule has 26 heavy (non-hydrogen) atoms. The van der Waals surface area contributed by atoms with Crippen molar-refractivity contribution in [2.75, 3.05) is 13.1 Å². The normalized spacial score (nSPS) is 13.1. The number of hydrogen-bond donors (Lipinski definition) is 1. The van der Waals surface area contributed by atoms with E-state index in [1.165, 1.54) is 4.90 Å². The molecule has 3 amide bonds. The fraction of sp³-hybridized carbons (Fsp3) is 0.211. The van der Waals surface area contributed by atoms with Crippen molar-refractivity contribution in [3.05, 3.63) is 69.2 Å². The van der Waals surface area contributed by atoms with Crippen LogP contribution in [0.2, 0.25) is 10.0 Å². The van der Waals surface area contributed by atoms with E-state index in [-0.39, 0.29) is 22.7 Å². The Morgan fingerprint density at radius 3 is 2.23 bits per heavy atom. The highest BCUT2D eigenvalue weighted by Crippen LogP contribution is 2.25. The van der Waals surface area contributed by atoms with Crippen LogP contribution >= 0.6 is 23.2 Å². The largest absolute Gasteiger partial charge is 0.352 e. The van der Waals surface area contributed by atoms with Gasteiger partial charge in [0.15, 0.2) is 0 Å². The van der Waals surface area contributed by atoms with Gasteiger partial charge in [0, 0.05) is 13.1 Å². The molecule has 0 bridgehead atoms. The lowest BCUT2D eigenvalue weighted by molar-refractivity contribution is 0.0650. The topological polar surface area (TPSA) is 66.5 Å². The minimum atomic E-state index is -0.307. The van der Waals surface area contributed by atoms with Crippen molar-refractivity contribution >= 4 is 40.9 Å². The Kier molecular flexibility index (Phi) is 5.59. The lowest BCUT2D eigenvalue weighted by Crippen LogP contribution is -2.31. The summed E-state index contributed by atoms with van der Waals surface area (Å²) in [5, 5.41) is 3.31. The molecule has 134 valence electrons. The van der Waals surface area contributed by atoms with Gasteiger partial charge >= 0.3 is 0 Å². The summed E-state index contributed by atoms with van der Waals surface area (Å²) in [5.74, 6) is -0.834. The summed E-state index contributed by atoms with van der Waals surface area (Å²) in [6.07, 6.45) is 1.21. The van der Waals surface area contributed by atoms with Crippen LogP contribution in [0.15, 0.2) is 42.5 Å². The second-order valence-corrected chi connectivity index (χ2v) is 6.66. The van der Waals surface area contributed by atoms with Crippen molar-refractivity contribution in [2.24, 2.45) is 0 Å². The van der Waals surface area contributed by atoms with Gasteiger partial charge in [-0.25, -0.2) is 0 Å². The summed E-state index contributed by atoms with van der Waals surface area (Å²) < 4.78 is 0. The molecular formula is C19H16Cl2N2O3. The molecule has 0 radical (unpaired) electrons. The van der Waals surface area contributed by atoms with E-state index < -0.39 is 0 Å². The van der Waals surface area contributed by atoms with Crippen molar-refractivity contribution in [2.45, 2.75) is 12.8 Å². The molecule has 2 aromatic carbocycles. The molecular weight excluding hydrogens is 375 g/mol. The SMILES string of the molecule is O=C(NCCCCN1C(=O)c2ccccc2C1=O)c1cccc(Cl)c1Cl. The molecule has 7 heteroatoms. The number of imide groups is 1. The number of hydrogen-bond acceptors (Lipinski definition) is 3. The van der Waals surface area contributed by atoms with Gasteiger partial charge in [-0.3, -0.25) is 19.3 Å². The quantitative estimate of drug-likeness (QED) is 0.602. The Balaban J connectivity index is 1.47. The van der Waals surface area contributed by atoms with E-state index in [1.807, 2.05) is 0 Å². The highest BCUT2D eigenvalue weighted by molar-refractivity contribution is 6.43. The molecule has 2 aromatic rings. The molecule has 1 aliphatic rings. The number of nitrogens with one attached hydrogen (secondary N) is 1. The zero-order valence-corrected chi connectivity index (χ0v) is 15.3. The average molecular weight is 391 g/mol. The van der Waals surface area contributed by atoms with Gasteiger partial charge in [0.1, 0.15) is 0 Å². The molecule has 0 saturated heterocycles. The highest BCUT2D eigenvalue weighted by Gasteiger charge is 2.34. The molecule has 0 saturated carbocycles. The first-order valence-corrected chi connectivity index (χ1v) is 8.93. The molecule has 0 unspecified atom stereocenters. The standard InChI is InChI=1S/C19H16Cl2N2O3/c20-15-9-5-8-14(16(15)21)17(24)22-10-3-4-11-23-18(25)12-6-1-2-7-13(12)19(23)26/h1-2,5-9H,3-4,10-11H2,(H,22,24). The number of benzene rings is 2. The van der Waals surface area contributed by atoms with Crippen LogP contribution in [-0.4, -0.2) is 35.7 Å². The number of carbonyl (C=O) groups excluding carboxylic acids is 3. The number of carbonyl (C=O) groups is 3. The average Bonchev–Trinajstić information content (AvgIpc) is 2.88. The minimum absolute atomic E-state index is 0.220. The maximum Gasteiger partial charge on any atom is 0.261 e. The smallest absolute Gasteiger partial charge is 0.261 e. The molecule has 0 atom stereocenters. The van der Waals surface area contributed by atoms with E-state index in [4.69, 9.17) is 23.2 Å². The number of amides is 3. The van der Waals surface area contributed by atoms with Gasteiger partial charge in [-0.15, -0.1) is 0 Å². The van der Waals surface area contributed by atoms with Crippen LogP contribution in [0.5, 0.6) is 0 Å². The number of fused-ring (bicyclic) bond motifs is 1. The van der Waals surface area contributed by atoms with Crippen LogP contribution in [0.1, 0.15) is 43.9 Å². The van der Waals surface area contributed by atoms with Crippen molar-refractivity contribution in [3.8, 4) is 0 Å². The fourth-order valence-electron chi connectivity index (χ4n) is 2.81. The Morgan fingerprint density at radius 1 is 0.923 bits per heavy atom. The van der Waals surface area contributed by atoms with Crippen molar-refractivity contribution in [1.29, 1.82) is 0 Å². The highest BCUT2D eigenvalue weighted by atomic mass is 35.5. The van der Waals surface area contributed by atoms with E-state index in [9.17, 15) is 14.4 Å². The minimum Gasteiger partial charge on any atom is -0.352 e. The van der Waals surface area contributed by atoms with Crippen LogP contribution in [0, 0.1) is 0 Å². The molecule has 1 heterocycles. The molecule has 0 spiro atoms. The van der Waals surface area contributed by atoms with Crippen LogP contribution in [0.4, 0.5) is 0 Å². The van der Waals surface area contributed by atoms with Gasteiger partial charge < -0.3 is 5.32 Å². The summed E-state index contributed by atoms with van der Waals surface area (Å²) in [7, 11) is 0. The van der Waals surface area contributed by atoms with E-state index in [0.717, 1.165) is 0 Å². The Morgan fingerprint density at radius 2 is 1.58 bits per heavy atom. The third kappa shape index (κ3) is 3.59. The molecule has 3 rings (SSSR count).